The Kier molecular flexibility index (Phi) is 19.2. The fourth-order valence-corrected chi connectivity index (χ4v) is 10.5. The first-order valence-electron chi connectivity index (χ1n) is 27.0. The molecule has 0 unspecified atom stereocenters. The van der Waals surface area contributed by atoms with Crippen molar-refractivity contribution in [3.05, 3.63) is 114 Å². The molecular formula is C60H71F4N9O6. The Morgan fingerprint density at radius 3 is 2.51 bits per heavy atom. The summed E-state index contributed by atoms with van der Waals surface area (Å²) in [6.45, 7) is 4.49. The number of aliphatic hydroxyl groups excluding tert-OH is 1. The number of aromatic nitrogens is 2. The number of carbonyl (C=O) groups excluding carboxylic acids is 3. The minimum atomic E-state index is -4.50. The number of aliphatic hydroxyl groups is 1. The second-order valence-electron chi connectivity index (χ2n) is 20.9. The molecule has 0 bridgehead atoms. The van der Waals surface area contributed by atoms with Gasteiger partial charge in [0.1, 0.15) is 36.0 Å². The number of pyridine rings is 1. The number of methoxy groups -OCH3 is 1. The Bertz CT molecular complexity index is 3170. The maximum Gasteiger partial charge on any atom is 0.406 e. The molecule has 6 N–H and O–H groups in total. The molecule has 2 aliphatic heterocycles. The summed E-state index contributed by atoms with van der Waals surface area (Å²) in [4.78, 5) is 47.5. The number of carbonyl (C=O) groups is 3. The van der Waals surface area contributed by atoms with Crippen molar-refractivity contribution >= 4 is 56.6 Å². The van der Waals surface area contributed by atoms with Crippen molar-refractivity contribution in [1.29, 1.82) is 0 Å². The molecule has 4 heterocycles. The zero-order valence-electron chi connectivity index (χ0n) is 45.4. The number of benzene rings is 4. The molecule has 15 nitrogen and oxygen atoms in total. The molecule has 0 spiro atoms. The van der Waals surface area contributed by atoms with Crippen molar-refractivity contribution in [2.75, 3.05) is 69.5 Å². The van der Waals surface area contributed by atoms with Crippen LogP contribution in [0.3, 0.4) is 0 Å². The highest BCUT2D eigenvalue weighted by atomic mass is 19.4. The molecular weight excluding hydrogens is 1020 g/mol. The van der Waals surface area contributed by atoms with E-state index < -0.39 is 31.0 Å². The van der Waals surface area contributed by atoms with E-state index in [2.05, 4.69) is 43.4 Å². The Hall–Kier alpha value is -7.56. The number of likely N-dealkylation sites (tertiary alicyclic amines) is 1. The van der Waals surface area contributed by atoms with Gasteiger partial charge >= 0.3 is 6.18 Å². The number of nitrogens with zero attached hydrogens (tertiary/aromatic N) is 4. The van der Waals surface area contributed by atoms with Crippen LogP contribution in [-0.4, -0.2) is 122 Å². The molecule has 2 aliphatic rings. The average molecular weight is 1090 g/mol. The lowest BCUT2D eigenvalue weighted by Crippen LogP contribution is -2.54. The van der Waals surface area contributed by atoms with E-state index in [1.807, 2.05) is 80.2 Å². The number of nitrogens with one attached hydrogen (secondary N) is 5. The third kappa shape index (κ3) is 15.0. The van der Waals surface area contributed by atoms with Crippen molar-refractivity contribution in [3.8, 4) is 29.1 Å². The van der Waals surface area contributed by atoms with Gasteiger partial charge in [0, 0.05) is 79.6 Å². The van der Waals surface area contributed by atoms with Crippen molar-refractivity contribution in [2.24, 2.45) is 5.92 Å². The standard InChI is InChI=1S/C60H71F4N9O6/c1-38(2)57-59(77)69-42(36-74)30-40-18-20-44(33-53(40)72(57)4)79-54-23-27-66-51-29-39(17-21-45(51)54)34-68-56(75)16-9-7-6-8-10-25-67-58(76)41-19-22-50(55(31-41)78-5)65-26-12-13-43-32-46-48(70-49-24-28-71(3)35-47(49)61)14-11-15-52(46)73(43)37-60(62,63)64/h11,14-15,17-23,27,29,31-33,38,42,47,49,57,65,70,74H,6-10,16,24-26,28,30,34-37H2,1-5H3,(H,67,76)(H,68,75)(H,69,77)/t42-,47-,49+,57-/m0/s1. The van der Waals surface area contributed by atoms with Gasteiger partial charge in [0.05, 0.1) is 54.8 Å². The van der Waals surface area contributed by atoms with Gasteiger partial charge in [-0.05, 0) is 116 Å². The Morgan fingerprint density at radius 2 is 1.73 bits per heavy atom. The lowest BCUT2D eigenvalue weighted by atomic mass is 9.95. The molecule has 1 fully saturated rings. The van der Waals surface area contributed by atoms with Crippen LogP contribution in [0.15, 0.2) is 91.1 Å². The largest absolute Gasteiger partial charge is 0.495 e. The van der Waals surface area contributed by atoms with Gasteiger partial charge in [-0.1, -0.05) is 57.2 Å². The predicted molar refractivity (Wildman–Crippen MR) is 301 cm³/mol. The highest BCUT2D eigenvalue weighted by Gasteiger charge is 2.34. The molecule has 4 atom stereocenters. The van der Waals surface area contributed by atoms with Crippen molar-refractivity contribution in [1.82, 2.24) is 30.4 Å². The number of ether oxygens (including phenoxy) is 2. The van der Waals surface area contributed by atoms with Crippen molar-refractivity contribution < 1.29 is 46.5 Å². The van der Waals surface area contributed by atoms with E-state index >= 15 is 0 Å². The molecule has 8 rings (SSSR count). The van der Waals surface area contributed by atoms with Gasteiger partial charge in [0.2, 0.25) is 11.8 Å². The molecule has 420 valence electrons. The van der Waals surface area contributed by atoms with Gasteiger partial charge in [0.25, 0.3) is 5.91 Å². The van der Waals surface area contributed by atoms with Gasteiger partial charge in [-0.25, -0.2) is 4.39 Å². The second-order valence-corrected chi connectivity index (χ2v) is 20.9. The normalized spacial score (nSPS) is 17.8. The minimum Gasteiger partial charge on any atom is -0.495 e. The molecule has 0 saturated carbocycles. The highest BCUT2D eigenvalue weighted by Crippen LogP contribution is 2.36. The maximum absolute atomic E-state index is 14.9. The molecule has 6 aromatic rings. The monoisotopic (exact) mass is 1090 g/mol. The summed E-state index contributed by atoms with van der Waals surface area (Å²) in [5, 5.41) is 26.6. The van der Waals surface area contributed by atoms with Crippen LogP contribution in [0.4, 0.5) is 34.6 Å². The van der Waals surface area contributed by atoms with Gasteiger partial charge in [0.15, 0.2) is 0 Å². The summed E-state index contributed by atoms with van der Waals surface area (Å²) in [6, 6.07) is 23.7. The van der Waals surface area contributed by atoms with Crippen molar-refractivity contribution in [2.45, 2.75) is 109 Å². The highest BCUT2D eigenvalue weighted by molar-refractivity contribution is 5.96. The molecule has 4 aromatic carbocycles. The number of anilines is 3. The number of rotatable bonds is 21. The van der Waals surface area contributed by atoms with Gasteiger partial charge < -0.3 is 55.5 Å². The number of amides is 3. The molecule has 1 saturated heterocycles. The van der Waals surface area contributed by atoms with Crippen LogP contribution in [0.2, 0.25) is 0 Å². The van der Waals surface area contributed by atoms with Gasteiger partial charge in [-0.3, -0.25) is 19.4 Å². The minimum absolute atomic E-state index is 0.0258. The number of likely N-dealkylation sites (N-methyl/N-ethyl adjacent to an activating group) is 1. The second kappa shape index (κ2) is 26.4. The van der Waals surface area contributed by atoms with E-state index in [0.717, 1.165) is 64.4 Å². The summed E-state index contributed by atoms with van der Waals surface area (Å²) in [6.07, 6.45) is 1.66. The molecule has 19 heteroatoms. The van der Waals surface area contributed by atoms with Crippen LogP contribution in [0.1, 0.15) is 86.0 Å². The lowest BCUT2D eigenvalue weighted by Gasteiger charge is -2.37. The lowest BCUT2D eigenvalue weighted by molar-refractivity contribution is -0.140. The molecule has 2 aromatic heterocycles. The van der Waals surface area contributed by atoms with Crippen LogP contribution < -0.4 is 41.0 Å². The first kappa shape index (κ1) is 57.6. The van der Waals surface area contributed by atoms with Crippen molar-refractivity contribution in [3.63, 3.8) is 0 Å². The number of unbranched alkanes of at least 4 members (excludes halogenated alkanes) is 4. The number of alkyl halides is 4. The molecule has 0 aliphatic carbocycles. The number of fused-ring (bicyclic) bond motifs is 3. The Morgan fingerprint density at radius 1 is 0.924 bits per heavy atom. The first-order valence-corrected chi connectivity index (χ1v) is 27.0. The maximum atomic E-state index is 14.9. The zero-order chi connectivity index (χ0) is 56.2. The predicted octanol–water partition coefficient (Wildman–Crippen LogP) is 9.35. The quantitative estimate of drug-likeness (QED) is 0.0230. The summed E-state index contributed by atoms with van der Waals surface area (Å²) >= 11 is 0. The SMILES string of the molecule is COc1cc(C(=O)NCCCCCCCC(=O)NCc2ccc3c(Oc4ccc5c(c4)N(C)[C@@H](C(C)C)C(=O)N[C@H](CO)C5)ccnc3c2)ccc1NCC#Cc1cc2c(N[C@@H]3CCN(C)C[C@@H]3F)cccc2n1CC(F)(F)F. The van der Waals surface area contributed by atoms with E-state index in [9.17, 15) is 37.1 Å². The van der Waals surface area contributed by atoms with E-state index in [0.29, 0.717) is 84.0 Å². The molecule has 3 amide bonds. The van der Waals surface area contributed by atoms with Crippen LogP contribution >= 0.6 is 0 Å². The van der Waals surface area contributed by atoms with Gasteiger partial charge in [-0.15, -0.1) is 0 Å². The third-order valence-electron chi connectivity index (χ3n) is 14.6. The number of halogens is 4. The smallest absolute Gasteiger partial charge is 0.406 e. The van der Waals surface area contributed by atoms with Crippen LogP contribution in [0, 0.1) is 17.8 Å². The Labute approximate surface area is 458 Å². The molecule has 79 heavy (non-hydrogen) atoms. The number of hydrogen-bond donors (Lipinski definition) is 6. The van der Waals surface area contributed by atoms with Gasteiger partial charge in [-0.2, -0.15) is 13.2 Å². The fourth-order valence-electron chi connectivity index (χ4n) is 10.5. The van der Waals surface area contributed by atoms with Crippen LogP contribution in [-0.2, 0) is 29.1 Å². The summed E-state index contributed by atoms with van der Waals surface area (Å²) in [5.74, 6) is 7.05. The zero-order valence-corrected chi connectivity index (χ0v) is 45.4. The van der Waals surface area contributed by atoms with E-state index in [1.165, 1.54) is 7.11 Å². The molecule has 0 radical (unpaired) electrons. The van der Waals surface area contributed by atoms with Crippen LogP contribution in [0.5, 0.6) is 17.2 Å². The summed E-state index contributed by atoms with van der Waals surface area (Å²) < 4.78 is 69.4. The summed E-state index contributed by atoms with van der Waals surface area (Å²) in [5.41, 5.74) is 5.52. The Balaban J connectivity index is 0.748. The topological polar surface area (TPSA) is 174 Å². The van der Waals surface area contributed by atoms with E-state index in [4.69, 9.17) is 9.47 Å². The number of hydrogen-bond acceptors (Lipinski definition) is 11. The third-order valence-corrected chi connectivity index (χ3v) is 14.6. The van der Waals surface area contributed by atoms with E-state index in [1.54, 1.807) is 48.7 Å². The van der Waals surface area contributed by atoms with E-state index in [-0.39, 0.29) is 55.1 Å². The van der Waals surface area contributed by atoms with Crippen LogP contribution in [0.25, 0.3) is 21.8 Å². The first-order chi connectivity index (χ1) is 38.0. The number of piperidine rings is 1. The average Bonchev–Trinajstić information content (AvgIpc) is 3.92. The summed E-state index contributed by atoms with van der Waals surface area (Å²) in [7, 11) is 5.24. The fraction of sp³-hybridized carbons (Fsp3) is 0.433.